The minimum Gasteiger partial charge on any atom is -0.507 e. The van der Waals surface area contributed by atoms with Gasteiger partial charge in [-0.05, 0) is 96.7 Å². The second-order valence-corrected chi connectivity index (χ2v) is 15.0. The Balaban J connectivity index is 0.991. The third-order valence-corrected chi connectivity index (χ3v) is 12.5. The largest absolute Gasteiger partial charge is 0.507 e. The molecule has 0 bridgehead atoms. The summed E-state index contributed by atoms with van der Waals surface area (Å²) in [7, 11) is 0. The summed E-state index contributed by atoms with van der Waals surface area (Å²) in [5, 5.41) is 57.2. The summed E-state index contributed by atoms with van der Waals surface area (Å²) in [6.07, 6.45) is 19.8. The van der Waals surface area contributed by atoms with E-state index in [2.05, 4.69) is 41.7 Å². The number of aryl methyl sites for hydroxylation is 1. The highest BCUT2D eigenvalue weighted by molar-refractivity contribution is 6.03. The molecule has 6 N–H and O–H groups in total. The number of aromatic hydroxyl groups is 5. The third kappa shape index (κ3) is 5.42. The SMILES string of the molecule is Oc1ccc(C=Cc2c(CCc3ccc(CN[C@H]4CCO[C@@]56CCCC[C@@]57CCC[C@H]7C=C[C@@H]46)cc3)c(O)c(O)c3c(O)cccc23)cc1O. The van der Waals surface area contributed by atoms with Gasteiger partial charge in [-0.2, -0.15) is 0 Å². The number of hydrogen-bond donors (Lipinski definition) is 6. The standard InChI is InChI=1S/C43H47NO6/c45-36-19-14-28(25-38(36)47)13-16-31-32-6-3-7-37(46)39(32)41(49)40(48)33(31)17-12-27-8-10-29(11-9-27)26-44-35-20-24-50-43-23-2-1-21-42(43)22-4-5-30(42)15-18-34(35)43/h3,6-11,13-16,18-19,25,30,34-35,44-49H,1-2,4-5,12,17,20-24,26H2/t30-,34-,35-,42-,43+/m0/s1. The van der Waals surface area contributed by atoms with E-state index in [1.807, 2.05) is 0 Å². The van der Waals surface area contributed by atoms with Gasteiger partial charge in [-0.3, -0.25) is 0 Å². The van der Waals surface area contributed by atoms with E-state index in [0.717, 1.165) is 25.1 Å². The third-order valence-electron chi connectivity index (χ3n) is 12.5. The van der Waals surface area contributed by atoms with Gasteiger partial charge in [-0.15, -0.1) is 0 Å². The van der Waals surface area contributed by atoms with Crippen molar-refractivity contribution in [3.63, 3.8) is 0 Å². The molecule has 50 heavy (non-hydrogen) atoms. The number of phenols is 5. The quantitative estimate of drug-likeness (QED) is 0.0630. The lowest BCUT2D eigenvalue weighted by atomic mass is 9.50. The van der Waals surface area contributed by atoms with E-state index in [9.17, 15) is 25.5 Å². The second kappa shape index (κ2) is 13.0. The number of nitrogens with one attached hydrogen (secondary N) is 1. The van der Waals surface area contributed by atoms with Gasteiger partial charge in [0.05, 0.1) is 11.0 Å². The van der Waals surface area contributed by atoms with E-state index in [-0.39, 0.29) is 39.7 Å². The molecular formula is C43H47NO6. The smallest absolute Gasteiger partial charge is 0.169 e. The van der Waals surface area contributed by atoms with Crippen molar-refractivity contribution in [3.05, 3.63) is 101 Å². The number of hydrogen-bond acceptors (Lipinski definition) is 7. The van der Waals surface area contributed by atoms with Crippen molar-refractivity contribution < 1.29 is 30.3 Å². The van der Waals surface area contributed by atoms with E-state index in [1.54, 1.807) is 30.4 Å². The molecule has 7 nitrogen and oxygen atoms in total. The average molecular weight is 674 g/mol. The van der Waals surface area contributed by atoms with E-state index in [4.69, 9.17) is 4.74 Å². The normalized spacial score (nSPS) is 27.3. The van der Waals surface area contributed by atoms with Crippen molar-refractivity contribution in [3.8, 4) is 28.7 Å². The summed E-state index contributed by atoms with van der Waals surface area (Å²) in [6, 6.07) is 18.6. The zero-order chi connectivity index (χ0) is 34.5. The van der Waals surface area contributed by atoms with Gasteiger partial charge in [-0.25, -0.2) is 0 Å². The number of benzene rings is 4. The van der Waals surface area contributed by atoms with E-state index in [1.165, 1.54) is 68.7 Å². The van der Waals surface area contributed by atoms with Crippen molar-refractivity contribution in [2.45, 2.75) is 82.4 Å². The summed E-state index contributed by atoms with van der Waals surface area (Å²) in [5.74, 6) is -0.0781. The van der Waals surface area contributed by atoms with Gasteiger partial charge in [0.1, 0.15) is 5.75 Å². The van der Waals surface area contributed by atoms with Crippen LogP contribution in [-0.2, 0) is 24.1 Å². The fourth-order valence-electron chi connectivity index (χ4n) is 10.1. The summed E-state index contributed by atoms with van der Waals surface area (Å²) in [4.78, 5) is 0. The van der Waals surface area contributed by atoms with Crippen LogP contribution in [-0.4, -0.2) is 43.8 Å². The summed E-state index contributed by atoms with van der Waals surface area (Å²) in [5.41, 5.74) is 4.52. The van der Waals surface area contributed by atoms with Crippen LogP contribution in [0.3, 0.4) is 0 Å². The van der Waals surface area contributed by atoms with Crippen molar-refractivity contribution in [1.29, 1.82) is 0 Å². The predicted molar refractivity (Wildman–Crippen MR) is 196 cm³/mol. The first-order valence-corrected chi connectivity index (χ1v) is 18.3. The molecule has 1 aliphatic heterocycles. The van der Waals surface area contributed by atoms with Crippen LogP contribution in [0.25, 0.3) is 22.9 Å². The van der Waals surface area contributed by atoms with Crippen LogP contribution < -0.4 is 5.32 Å². The average Bonchev–Trinajstić information content (AvgIpc) is 3.56. The van der Waals surface area contributed by atoms with Crippen molar-refractivity contribution in [2.24, 2.45) is 17.3 Å². The Morgan fingerprint density at radius 1 is 0.740 bits per heavy atom. The maximum atomic E-state index is 11.2. The first-order chi connectivity index (χ1) is 24.3. The number of allylic oxidation sites excluding steroid dienone is 1. The number of phenolic OH excluding ortho intramolecular Hbond substituents is 5. The van der Waals surface area contributed by atoms with Crippen LogP contribution in [0.5, 0.6) is 28.7 Å². The minimum absolute atomic E-state index is 0.0116. The molecule has 0 unspecified atom stereocenters. The molecule has 0 aromatic heterocycles. The Hall–Kier alpha value is -4.46. The molecule has 1 saturated heterocycles. The highest BCUT2D eigenvalue weighted by atomic mass is 16.5. The summed E-state index contributed by atoms with van der Waals surface area (Å²) >= 11 is 0. The first-order valence-electron chi connectivity index (χ1n) is 18.3. The monoisotopic (exact) mass is 673 g/mol. The van der Waals surface area contributed by atoms with Crippen molar-refractivity contribution >= 4 is 22.9 Å². The van der Waals surface area contributed by atoms with Crippen LogP contribution in [0.4, 0.5) is 0 Å². The Morgan fingerprint density at radius 3 is 2.38 bits per heavy atom. The number of ether oxygens (including phenoxy) is 1. The van der Waals surface area contributed by atoms with Crippen LogP contribution in [0.1, 0.15) is 79.2 Å². The number of fused-ring (bicyclic) bond motifs is 1. The molecule has 4 aromatic carbocycles. The molecule has 0 radical (unpaired) electrons. The molecular weight excluding hydrogens is 626 g/mol. The van der Waals surface area contributed by atoms with Gasteiger partial charge < -0.3 is 35.6 Å². The molecule has 4 aliphatic rings. The van der Waals surface area contributed by atoms with E-state index in [0.29, 0.717) is 58.2 Å². The molecule has 2 spiro atoms. The lowest BCUT2D eigenvalue weighted by molar-refractivity contribution is -0.223. The molecule has 0 amide bonds. The highest BCUT2D eigenvalue weighted by Gasteiger charge is 2.64. The van der Waals surface area contributed by atoms with Gasteiger partial charge in [0.15, 0.2) is 23.0 Å². The van der Waals surface area contributed by atoms with Crippen LogP contribution in [0.2, 0.25) is 0 Å². The Bertz CT molecular complexity index is 1960. The predicted octanol–water partition coefficient (Wildman–Crippen LogP) is 8.49. The Labute approximate surface area is 293 Å². The maximum absolute atomic E-state index is 11.2. The van der Waals surface area contributed by atoms with Crippen molar-refractivity contribution in [1.82, 2.24) is 5.32 Å². The van der Waals surface area contributed by atoms with Gasteiger partial charge in [-0.1, -0.05) is 86.0 Å². The Kier molecular flexibility index (Phi) is 8.52. The molecule has 7 heteroatoms. The first kappa shape index (κ1) is 32.7. The van der Waals surface area contributed by atoms with Gasteiger partial charge in [0.2, 0.25) is 0 Å². The van der Waals surface area contributed by atoms with Gasteiger partial charge in [0.25, 0.3) is 0 Å². The molecule has 260 valence electrons. The molecule has 2 saturated carbocycles. The lowest BCUT2D eigenvalue weighted by Crippen LogP contribution is -2.66. The summed E-state index contributed by atoms with van der Waals surface area (Å²) in [6.45, 7) is 1.63. The molecule has 4 aromatic rings. The van der Waals surface area contributed by atoms with Crippen LogP contribution in [0.15, 0.2) is 72.8 Å². The van der Waals surface area contributed by atoms with E-state index >= 15 is 0 Å². The molecule has 3 fully saturated rings. The molecule has 1 heterocycles. The fourth-order valence-corrected chi connectivity index (χ4v) is 10.1. The van der Waals surface area contributed by atoms with E-state index < -0.39 is 0 Å². The van der Waals surface area contributed by atoms with Crippen LogP contribution in [0, 0.1) is 17.3 Å². The lowest BCUT2D eigenvalue weighted by Gasteiger charge is -2.62. The molecule has 3 aliphatic carbocycles. The van der Waals surface area contributed by atoms with Crippen molar-refractivity contribution in [2.75, 3.05) is 6.61 Å². The maximum Gasteiger partial charge on any atom is 0.169 e. The zero-order valence-electron chi connectivity index (χ0n) is 28.4. The zero-order valence-corrected chi connectivity index (χ0v) is 28.4. The molecule has 5 atom stereocenters. The second-order valence-electron chi connectivity index (χ2n) is 15.0. The number of rotatable bonds is 8. The Morgan fingerprint density at radius 2 is 1.54 bits per heavy atom. The topological polar surface area (TPSA) is 122 Å². The van der Waals surface area contributed by atoms with Gasteiger partial charge in [0, 0.05) is 36.1 Å². The van der Waals surface area contributed by atoms with Gasteiger partial charge >= 0.3 is 0 Å². The minimum atomic E-state index is -0.348. The fraction of sp³-hybridized carbons (Fsp3) is 0.395. The molecule has 8 rings (SSSR count). The van der Waals surface area contributed by atoms with Crippen LogP contribution >= 0.6 is 0 Å². The summed E-state index contributed by atoms with van der Waals surface area (Å²) < 4.78 is 6.88. The highest BCUT2D eigenvalue weighted by Crippen LogP contribution is 2.65.